The van der Waals surface area contributed by atoms with Crippen LogP contribution in [0.25, 0.3) is 0 Å². The molecule has 0 aromatic heterocycles. The van der Waals surface area contributed by atoms with Gasteiger partial charge in [-0.05, 0) is 28.8 Å². The molecule has 4 rings (SSSR count). The van der Waals surface area contributed by atoms with Crippen molar-refractivity contribution in [1.29, 1.82) is 0 Å². The molecule has 0 radical (unpaired) electrons. The van der Waals surface area contributed by atoms with Gasteiger partial charge in [-0.3, -0.25) is 4.99 Å². The summed E-state index contributed by atoms with van der Waals surface area (Å²) in [5, 5.41) is 3.55. The predicted octanol–water partition coefficient (Wildman–Crippen LogP) is 4.85. The lowest BCUT2D eigenvalue weighted by Gasteiger charge is -2.19. The number of aliphatic imine (C=N–C) groups is 1. The van der Waals surface area contributed by atoms with Crippen LogP contribution in [0.3, 0.4) is 0 Å². The van der Waals surface area contributed by atoms with Crippen molar-refractivity contribution in [2.45, 2.75) is 18.5 Å². The van der Waals surface area contributed by atoms with E-state index in [1.54, 1.807) is 12.1 Å². The highest BCUT2D eigenvalue weighted by Crippen LogP contribution is 2.36. The molecule has 0 fully saturated rings. The first-order valence-corrected chi connectivity index (χ1v) is 8.47. The van der Waals surface area contributed by atoms with Crippen molar-refractivity contribution >= 4 is 5.84 Å². The van der Waals surface area contributed by atoms with Gasteiger partial charge in [0.05, 0.1) is 6.04 Å². The van der Waals surface area contributed by atoms with Gasteiger partial charge >= 0.3 is 0 Å². The number of hydrogen-bond acceptors (Lipinski definition) is 2. The average molecular weight is 330 g/mol. The molecule has 3 heteroatoms. The van der Waals surface area contributed by atoms with Crippen molar-refractivity contribution in [3.8, 4) is 0 Å². The zero-order chi connectivity index (χ0) is 17.1. The van der Waals surface area contributed by atoms with Crippen LogP contribution in [0.1, 0.15) is 28.8 Å². The molecular formula is C22H19FN2. The Morgan fingerprint density at radius 3 is 2.16 bits per heavy atom. The second kappa shape index (κ2) is 6.89. The molecule has 1 aliphatic rings. The van der Waals surface area contributed by atoms with Gasteiger partial charge in [-0.25, -0.2) is 4.39 Å². The largest absolute Gasteiger partial charge is 0.364 e. The smallest absolute Gasteiger partial charge is 0.123 e. The Bertz CT molecular complexity index is 875. The van der Waals surface area contributed by atoms with Gasteiger partial charge in [-0.2, -0.15) is 0 Å². The second-order valence-electron chi connectivity index (χ2n) is 6.27. The zero-order valence-corrected chi connectivity index (χ0v) is 13.8. The fraction of sp³-hybridized carbons (Fsp3) is 0.136. The van der Waals surface area contributed by atoms with Gasteiger partial charge < -0.3 is 5.32 Å². The number of rotatable bonds is 4. The van der Waals surface area contributed by atoms with Crippen molar-refractivity contribution in [2.24, 2.45) is 4.99 Å². The summed E-state index contributed by atoms with van der Waals surface area (Å²) >= 11 is 0. The molecule has 0 spiro atoms. The lowest BCUT2D eigenvalue weighted by molar-refractivity contribution is 0.571. The van der Waals surface area contributed by atoms with Crippen molar-refractivity contribution in [2.75, 3.05) is 0 Å². The number of halogens is 1. The SMILES string of the molecule is Fc1cccc(CC2=NC(c3ccccc3)C(c3ccccc3)N2)c1. The lowest BCUT2D eigenvalue weighted by atomic mass is 9.95. The summed E-state index contributed by atoms with van der Waals surface area (Å²) in [6.07, 6.45) is 0.602. The topological polar surface area (TPSA) is 24.4 Å². The molecular weight excluding hydrogens is 311 g/mol. The van der Waals surface area contributed by atoms with E-state index in [0.29, 0.717) is 6.42 Å². The molecule has 1 aliphatic heterocycles. The average Bonchev–Trinajstić information content (AvgIpc) is 3.07. The van der Waals surface area contributed by atoms with E-state index in [1.807, 2.05) is 42.5 Å². The Kier molecular flexibility index (Phi) is 4.30. The molecule has 0 saturated carbocycles. The van der Waals surface area contributed by atoms with Crippen molar-refractivity contribution in [3.05, 3.63) is 107 Å². The van der Waals surface area contributed by atoms with E-state index in [1.165, 1.54) is 17.2 Å². The maximum atomic E-state index is 13.5. The third-order valence-corrected chi connectivity index (χ3v) is 4.49. The van der Waals surface area contributed by atoms with E-state index in [2.05, 4.69) is 29.6 Å². The zero-order valence-electron chi connectivity index (χ0n) is 13.8. The molecule has 25 heavy (non-hydrogen) atoms. The Balaban J connectivity index is 1.65. The quantitative estimate of drug-likeness (QED) is 0.726. The van der Waals surface area contributed by atoms with Crippen LogP contribution < -0.4 is 5.32 Å². The Morgan fingerprint density at radius 2 is 1.48 bits per heavy atom. The maximum absolute atomic E-state index is 13.5. The molecule has 0 aliphatic carbocycles. The monoisotopic (exact) mass is 330 g/mol. The van der Waals surface area contributed by atoms with Gasteiger partial charge in [-0.1, -0.05) is 72.8 Å². The van der Waals surface area contributed by atoms with Crippen LogP contribution in [0.5, 0.6) is 0 Å². The van der Waals surface area contributed by atoms with Crippen LogP contribution in [-0.2, 0) is 6.42 Å². The molecule has 0 saturated heterocycles. The van der Waals surface area contributed by atoms with Gasteiger partial charge in [0, 0.05) is 6.42 Å². The highest BCUT2D eigenvalue weighted by Gasteiger charge is 2.30. The molecule has 124 valence electrons. The number of nitrogens with one attached hydrogen (secondary N) is 1. The normalized spacial score (nSPS) is 19.3. The number of amidine groups is 1. The van der Waals surface area contributed by atoms with Crippen molar-refractivity contribution in [3.63, 3.8) is 0 Å². The molecule has 2 unspecified atom stereocenters. The summed E-state index contributed by atoms with van der Waals surface area (Å²) in [4.78, 5) is 4.92. The number of hydrogen-bond donors (Lipinski definition) is 1. The van der Waals surface area contributed by atoms with Gasteiger partial charge in [0.25, 0.3) is 0 Å². The number of nitrogens with zero attached hydrogens (tertiary/aromatic N) is 1. The third kappa shape index (κ3) is 3.45. The fourth-order valence-electron chi connectivity index (χ4n) is 3.32. The molecule has 1 N–H and O–H groups in total. The summed E-state index contributed by atoms with van der Waals surface area (Å²) in [6, 6.07) is 27.5. The Morgan fingerprint density at radius 1 is 0.800 bits per heavy atom. The predicted molar refractivity (Wildman–Crippen MR) is 99.0 cm³/mol. The van der Waals surface area contributed by atoms with Gasteiger partial charge in [0.15, 0.2) is 0 Å². The molecule has 1 heterocycles. The lowest BCUT2D eigenvalue weighted by Crippen LogP contribution is -2.25. The van der Waals surface area contributed by atoms with Crippen molar-refractivity contribution in [1.82, 2.24) is 5.32 Å². The molecule has 2 nitrogen and oxygen atoms in total. The van der Waals surface area contributed by atoms with E-state index in [9.17, 15) is 4.39 Å². The molecule has 0 amide bonds. The third-order valence-electron chi connectivity index (χ3n) is 4.49. The van der Waals surface area contributed by atoms with Crippen LogP contribution in [-0.4, -0.2) is 5.84 Å². The van der Waals surface area contributed by atoms with E-state index in [0.717, 1.165) is 11.4 Å². The molecule has 0 bridgehead atoms. The minimum Gasteiger partial charge on any atom is -0.364 e. The molecule has 2 atom stereocenters. The summed E-state index contributed by atoms with van der Waals surface area (Å²) in [6.45, 7) is 0. The van der Waals surface area contributed by atoms with E-state index in [4.69, 9.17) is 4.99 Å². The van der Waals surface area contributed by atoms with Crippen LogP contribution in [0.15, 0.2) is 89.9 Å². The maximum Gasteiger partial charge on any atom is 0.123 e. The minimum absolute atomic E-state index is 0.0205. The number of benzene rings is 3. The van der Waals surface area contributed by atoms with Crippen LogP contribution in [0.2, 0.25) is 0 Å². The minimum atomic E-state index is -0.213. The molecule has 3 aromatic carbocycles. The van der Waals surface area contributed by atoms with Gasteiger partial charge in [0.1, 0.15) is 17.7 Å². The van der Waals surface area contributed by atoms with Crippen LogP contribution >= 0.6 is 0 Å². The van der Waals surface area contributed by atoms with E-state index < -0.39 is 0 Å². The highest BCUT2D eigenvalue weighted by atomic mass is 19.1. The first-order valence-electron chi connectivity index (χ1n) is 8.47. The fourth-order valence-corrected chi connectivity index (χ4v) is 3.32. The standard InChI is InChI=1S/C22H19FN2/c23-19-13-7-8-16(14-19)15-20-24-21(17-9-3-1-4-10-17)22(25-20)18-11-5-2-6-12-18/h1-14,21-22H,15H2,(H,24,25). The summed E-state index contributed by atoms with van der Waals surface area (Å²) < 4.78 is 13.5. The summed E-state index contributed by atoms with van der Waals surface area (Å²) in [7, 11) is 0. The van der Waals surface area contributed by atoms with E-state index in [-0.39, 0.29) is 17.9 Å². The van der Waals surface area contributed by atoms with Crippen LogP contribution in [0.4, 0.5) is 4.39 Å². The summed E-state index contributed by atoms with van der Waals surface area (Å²) in [5.41, 5.74) is 3.30. The van der Waals surface area contributed by atoms with Gasteiger partial charge in [-0.15, -0.1) is 0 Å². The van der Waals surface area contributed by atoms with Crippen molar-refractivity contribution < 1.29 is 4.39 Å². The summed E-state index contributed by atoms with van der Waals surface area (Å²) in [5.74, 6) is 0.684. The van der Waals surface area contributed by atoms with Gasteiger partial charge in [0.2, 0.25) is 0 Å². The first kappa shape index (κ1) is 15.6. The second-order valence-corrected chi connectivity index (χ2v) is 6.27. The Hall–Kier alpha value is -2.94. The van der Waals surface area contributed by atoms with Crippen LogP contribution in [0, 0.1) is 5.82 Å². The molecule has 3 aromatic rings. The first-order chi connectivity index (χ1) is 12.3. The van der Waals surface area contributed by atoms with E-state index >= 15 is 0 Å². The highest BCUT2D eigenvalue weighted by molar-refractivity contribution is 5.87. The Labute approximate surface area is 147 Å².